The third-order valence-electron chi connectivity index (χ3n) is 4.65. The highest BCUT2D eigenvalue weighted by Crippen LogP contribution is 2.14. The first-order valence-corrected chi connectivity index (χ1v) is 9.97. The third-order valence-corrected chi connectivity index (χ3v) is 5.18. The first kappa shape index (κ1) is 18.4. The predicted octanol–water partition coefficient (Wildman–Crippen LogP) is 5.57. The van der Waals surface area contributed by atoms with Gasteiger partial charge in [0, 0.05) is 11.0 Å². The number of aryl methyl sites for hydroxylation is 1. The molecule has 4 aromatic rings. The molecular weight excluding hydrogens is 412 g/mol. The number of nitrogens with zero attached hydrogens (tertiary/aromatic N) is 2. The molecule has 1 heterocycles. The maximum absolute atomic E-state index is 13.1. The third kappa shape index (κ3) is 4.12. The Hall–Kier alpha value is -2.98. The van der Waals surface area contributed by atoms with E-state index >= 15 is 0 Å². The zero-order chi connectivity index (χ0) is 19.3. The van der Waals surface area contributed by atoms with E-state index in [1.807, 2.05) is 78.9 Å². The second kappa shape index (κ2) is 8.36. The molecule has 0 fully saturated rings. The lowest BCUT2D eigenvalue weighted by Crippen LogP contribution is -2.24. The molecule has 0 atom stereocenters. The highest BCUT2D eigenvalue weighted by Gasteiger charge is 2.09. The summed E-state index contributed by atoms with van der Waals surface area (Å²) in [5.41, 5.74) is 2.97. The Kier molecular flexibility index (Phi) is 5.49. The number of benzene rings is 3. The van der Waals surface area contributed by atoms with E-state index in [1.165, 1.54) is 5.56 Å². The van der Waals surface area contributed by atoms with E-state index in [0.717, 1.165) is 22.0 Å². The van der Waals surface area contributed by atoms with E-state index in [4.69, 9.17) is 4.98 Å². The van der Waals surface area contributed by atoms with Gasteiger partial charge in [-0.2, -0.15) is 0 Å². The summed E-state index contributed by atoms with van der Waals surface area (Å²) in [7, 11) is 0. The van der Waals surface area contributed by atoms with Crippen molar-refractivity contribution in [1.82, 2.24) is 9.55 Å². The van der Waals surface area contributed by atoms with Crippen LogP contribution < -0.4 is 5.56 Å². The lowest BCUT2D eigenvalue weighted by Gasteiger charge is -2.11. The van der Waals surface area contributed by atoms with Gasteiger partial charge in [-0.15, -0.1) is 0 Å². The normalized spacial score (nSPS) is 11.3. The summed E-state index contributed by atoms with van der Waals surface area (Å²) < 4.78 is 2.80. The predicted molar refractivity (Wildman–Crippen MR) is 119 cm³/mol. The van der Waals surface area contributed by atoms with Crippen molar-refractivity contribution in [3.63, 3.8) is 0 Å². The monoisotopic (exact) mass is 430 g/mol. The van der Waals surface area contributed by atoms with Crippen LogP contribution in [0.2, 0.25) is 0 Å². The van der Waals surface area contributed by atoms with Crippen LogP contribution in [0.25, 0.3) is 23.1 Å². The van der Waals surface area contributed by atoms with Crippen molar-refractivity contribution in [2.45, 2.75) is 13.0 Å². The number of hydrogen-bond acceptors (Lipinski definition) is 2. The van der Waals surface area contributed by atoms with Gasteiger partial charge in [0.2, 0.25) is 0 Å². The van der Waals surface area contributed by atoms with Crippen molar-refractivity contribution in [3.8, 4) is 0 Å². The molecule has 4 heteroatoms. The fourth-order valence-electron chi connectivity index (χ4n) is 3.16. The summed E-state index contributed by atoms with van der Waals surface area (Å²) in [6.07, 6.45) is 4.68. The lowest BCUT2D eigenvalue weighted by molar-refractivity contribution is 0.655. The molecule has 3 nitrogen and oxygen atoms in total. The van der Waals surface area contributed by atoms with Gasteiger partial charge in [0.15, 0.2) is 0 Å². The summed E-state index contributed by atoms with van der Waals surface area (Å²) >= 11 is 3.45. The van der Waals surface area contributed by atoms with Crippen LogP contribution in [0.1, 0.15) is 17.0 Å². The van der Waals surface area contributed by atoms with Crippen LogP contribution >= 0.6 is 15.9 Å². The van der Waals surface area contributed by atoms with Gasteiger partial charge < -0.3 is 0 Å². The van der Waals surface area contributed by atoms with Gasteiger partial charge in [-0.3, -0.25) is 9.36 Å². The van der Waals surface area contributed by atoms with Gasteiger partial charge in [0.05, 0.1) is 10.9 Å². The maximum atomic E-state index is 13.1. The minimum Gasteiger partial charge on any atom is -0.292 e. The summed E-state index contributed by atoms with van der Waals surface area (Å²) in [6, 6.07) is 25.7. The molecule has 0 amide bonds. The van der Waals surface area contributed by atoms with Crippen LogP contribution in [0, 0.1) is 0 Å². The Morgan fingerprint density at radius 3 is 2.36 bits per heavy atom. The highest BCUT2D eigenvalue weighted by molar-refractivity contribution is 9.10. The van der Waals surface area contributed by atoms with Gasteiger partial charge >= 0.3 is 0 Å². The topological polar surface area (TPSA) is 34.9 Å². The molecule has 0 bridgehead atoms. The summed E-state index contributed by atoms with van der Waals surface area (Å²) in [4.78, 5) is 17.9. The van der Waals surface area contributed by atoms with E-state index in [0.29, 0.717) is 17.8 Å². The standard InChI is InChI=1S/C24H19BrN2O/c25-20-13-10-19(11-14-20)12-15-23-26-22-9-5-4-8-21(22)24(28)27(23)17-16-18-6-2-1-3-7-18/h1-15H,16-17H2. The van der Waals surface area contributed by atoms with Crippen LogP contribution in [-0.4, -0.2) is 9.55 Å². The molecule has 0 aliphatic carbocycles. The average molecular weight is 431 g/mol. The lowest BCUT2D eigenvalue weighted by atomic mass is 10.1. The number of rotatable bonds is 5. The zero-order valence-electron chi connectivity index (χ0n) is 15.3. The molecule has 138 valence electrons. The van der Waals surface area contributed by atoms with E-state index in [2.05, 4.69) is 28.1 Å². The SMILES string of the molecule is O=c1c2ccccc2nc(C=Cc2ccc(Br)cc2)n1CCc1ccccc1. The molecule has 3 aromatic carbocycles. The van der Waals surface area contributed by atoms with Crippen LogP contribution in [-0.2, 0) is 13.0 Å². The molecule has 0 saturated heterocycles. The van der Waals surface area contributed by atoms with Gasteiger partial charge in [0.25, 0.3) is 5.56 Å². The van der Waals surface area contributed by atoms with Crippen LogP contribution in [0.3, 0.4) is 0 Å². The number of aromatic nitrogens is 2. The first-order valence-electron chi connectivity index (χ1n) is 9.18. The molecular formula is C24H19BrN2O. The maximum Gasteiger partial charge on any atom is 0.261 e. The molecule has 0 aliphatic heterocycles. The molecule has 0 saturated carbocycles. The summed E-state index contributed by atoms with van der Waals surface area (Å²) in [5.74, 6) is 0.669. The van der Waals surface area contributed by atoms with Crippen LogP contribution in [0.15, 0.2) is 88.1 Å². The smallest absolute Gasteiger partial charge is 0.261 e. The largest absolute Gasteiger partial charge is 0.292 e. The Morgan fingerprint density at radius 2 is 1.57 bits per heavy atom. The van der Waals surface area contributed by atoms with Crippen molar-refractivity contribution >= 4 is 39.0 Å². The Morgan fingerprint density at radius 1 is 0.857 bits per heavy atom. The Labute approximate surface area is 172 Å². The number of fused-ring (bicyclic) bond motifs is 1. The fourth-order valence-corrected chi connectivity index (χ4v) is 3.42. The van der Waals surface area contributed by atoms with Crippen molar-refractivity contribution in [2.75, 3.05) is 0 Å². The van der Waals surface area contributed by atoms with Gasteiger partial charge in [0.1, 0.15) is 5.82 Å². The molecule has 4 rings (SSSR count). The Balaban J connectivity index is 1.74. The average Bonchev–Trinajstić information content (AvgIpc) is 2.74. The summed E-state index contributed by atoms with van der Waals surface area (Å²) in [5, 5.41) is 0.649. The zero-order valence-corrected chi connectivity index (χ0v) is 16.8. The van der Waals surface area contributed by atoms with E-state index in [-0.39, 0.29) is 5.56 Å². The van der Waals surface area contributed by atoms with E-state index in [1.54, 1.807) is 4.57 Å². The van der Waals surface area contributed by atoms with Crippen LogP contribution in [0.5, 0.6) is 0 Å². The van der Waals surface area contributed by atoms with Gasteiger partial charge in [-0.05, 0) is 47.9 Å². The number of hydrogen-bond donors (Lipinski definition) is 0. The molecule has 0 spiro atoms. The number of halogens is 1. The fraction of sp³-hybridized carbons (Fsp3) is 0.0833. The second-order valence-electron chi connectivity index (χ2n) is 6.56. The van der Waals surface area contributed by atoms with Crippen molar-refractivity contribution in [2.24, 2.45) is 0 Å². The molecule has 0 radical (unpaired) electrons. The Bertz CT molecular complexity index is 1180. The molecule has 0 unspecified atom stereocenters. The molecule has 0 aliphatic rings. The first-order chi connectivity index (χ1) is 13.7. The quantitative estimate of drug-likeness (QED) is 0.414. The van der Waals surface area contributed by atoms with Crippen LogP contribution in [0.4, 0.5) is 0 Å². The number of para-hydroxylation sites is 1. The molecule has 1 aromatic heterocycles. The van der Waals surface area contributed by atoms with Crippen molar-refractivity contribution in [3.05, 3.63) is 111 Å². The van der Waals surface area contributed by atoms with Gasteiger partial charge in [-0.1, -0.05) is 76.6 Å². The van der Waals surface area contributed by atoms with E-state index in [9.17, 15) is 4.79 Å². The minimum atomic E-state index is -0.00279. The second-order valence-corrected chi connectivity index (χ2v) is 7.48. The van der Waals surface area contributed by atoms with Crippen molar-refractivity contribution in [1.29, 1.82) is 0 Å². The van der Waals surface area contributed by atoms with E-state index < -0.39 is 0 Å². The van der Waals surface area contributed by atoms with Crippen molar-refractivity contribution < 1.29 is 0 Å². The molecule has 28 heavy (non-hydrogen) atoms. The van der Waals surface area contributed by atoms with Gasteiger partial charge in [-0.25, -0.2) is 4.98 Å². The highest BCUT2D eigenvalue weighted by atomic mass is 79.9. The summed E-state index contributed by atoms with van der Waals surface area (Å²) in [6.45, 7) is 0.584. The minimum absolute atomic E-state index is 0.00279. The molecule has 0 N–H and O–H groups in total.